The number of rotatable bonds is 2. The smallest absolute Gasteiger partial charge is 0.255 e. The van der Waals surface area contributed by atoms with Crippen LogP contribution in [0.1, 0.15) is 22.3 Å². The van der Waals surface area contributed by atoms with E-state index in [0.29, 0.717) is 18.5 Å². The van der Waals surface area contributed by atoms with Crippen LogP contribution in [0, 0.1) is 11.6 Å². The number of halogens is 2. The first-order valence-corrected chi connectivity index (χ1v) is 7.11. The highest BCUT2D eigenvalue weighted by Crippen LogP contribution is 2.29. The van der Waals surface area contributed by atoms with Gasteiger partial charge in [-0.25, -0.2) is 8.78 Å². The number of nitrogens with zero attached hydrogens (tertiary/aromatic N) is 1. The number of anilines is 2. The molecule has 0 radical (unpaired) electrons. The van der Waals surface area contributed by atoms with Gasteiger partial charge in [-0.1, -0.05) is 0 Å². The van der Waals surface area contributed by atoms with Gasteiger partial charge in [0.1, 0.15) is 0 Å². The predicted octanol–water partition coefficient (Wildman–Crippen LogP) is 3.13. The summed E-state index contributed by atoms with van der Waals surface area (Å²) in [5.74, 6) is -2.54. The lowest BCUT2D eigenvalue weighted by molar-refractivity contribution is -0.118. The fourth-order valence-corrected chi connectivity index (χ4v) is 2.58. The average Bonchev–Trinajstić information content (AvgIpc) is 2.53. The molecule has 0 aromatic heterocycles. The van der Waals surface area contributed by atoms with Gasteiger partial charge in [-0.15, -0.1) is 0 Å². The molecule has 1 aliphatic heterocycles. The fourth-order valence-electron chi connectivity index (χ4n) is 2.58. The molecule has 1 N–H and O–H groups in total. The molecule has 0 fully saturated rings. The van der Waals surface area contributed by atoms with Crippen LogP contribution in [-0.4, -0.2) is 18.9 Å². The van der Waals surface area contributed by atoms with Crippen molar-refractivity contribution in [3.63, 3.8) is 0 Å². The lowest BCUT2D eigenvalue weighted by Crippen LogP contribution is -2.31. The molecule has 0 unspecified atom stereocenters. The van der Waals surface area contributed by atoms with Crippen molar-refractivity contribution in [3.05, 3.63) is 59.2 Å². The molecular weight excluding hydrogens is 302 g/mol. The Morgan fingerprint density at radius 2 is 1.87 bits per heavy atom. The van der Waals surface area contributed by atoms with Crippen LogP contribution < -0.4 is 10.2 Å². The van der Waals surface area contributed by atoms with Crippen LogP contribution in [0.2, 0.25) is 0 Å². The lowest BCUT2D eigenvalue weighted by Gasteiger charge is -2.26. The van der Waals surface area contributed by atoms with Crippen LogP contribution in [0.25, 0.3) is 0 Å². The first kappa shape index (κ1) is 15.1. The second-order valence-electron chi connectivity index (χ2n) is 5.38. The van der Waals surface area contributed by atoms with Crippen LogP contribution in [0.4, 0.5) is 20.2 Å². The highest BCUT2D eigenvalue weighted by atomic mass is 19.2. The standard InChI is InChI=1S/C17H14F2N2O2/c1-21-15-6-4-12(8-10(15)3-7-16(21)22)20-17(23)11-2-5-13(18)14(19)9-11/h2,4-6,8-9H,3,7H2,1H3,(H,20,23). The predicted molar refractivity (Wildman–Crippen MR) is 82.5 cm³/mol. The Balaban J connectivity index is 1.82. The minimum atomic E-state index is -1.07. The molecule has 118 valence electrons. The van der Waals surface area contributed by atoms with E-state index in [9.17, 15) is 18.4 Å². The van der Waals surface area contributed by atoms with Gasteiger partial charge in [0.2, 0.25) is 5.91 Å². The van der Waals surface area contributed by atoms with Crippen LogP contribution in [0.15, 0.2) is 36.4 Å². The molecule has 1 aliphatic rings. The van der Waals surface area contributed by atoms with Crippen LogP contribution in [0.3, 0.4) is 0 Å². The van der Waals surface area contributed by atoms with E-state index in [1.54, 1.807) is 30.1 Å². The van der Waals surface area contributed by atoms with Crippen LogP contribution in [0.5, 0.6) is 0 Å². The molecule has 2 amide bonds. The number of carbonyl (C=O) groups excluding carboxylic acids is 2. The number of amides is 2. The molecule has 0 saturated heterocycles. The SMILES string of the molecule is CN1C(=O)CCc2cc(NC(=O)c3ccc(F)c(F)c3)ccc21. The number of benzene rings is 2. The molecule has 0 atom stereocenters. The molecule has 4 nitrogen and oxygen atoms in total. The Morgan fingerprint density at radius 3 is 2.61 bits per heavy atom. The Labute approximate surface area is 131 Å². The fraction of sp³-hybridized carbons (Fsp3) is 0.176. The topological polar surface area (TPSA) is 49.4 Å². The van der Waals surface area contributed by atoms with Gasteiger partial charge < -0.3 is 10.2 Å². The molecule has 1 heterocycles. The number of nitrogens with one attached hydrogen (secondary N) is 1. The zero-order chi connectivity index (χ0) is 16.6. The van der Waals surface area contributed by atoms with E-state index in [1.165, 1.54) is 6.07 Å². The molecule has 0 spiro atoms. The molecule has 6 heteroatoms. The molecule has 0 bridgehead atoms. The van der Waals surface area contributed by atoms with E-state index in [1.807, 2.05) is 0 Å². The first-order valence-electron chi connectivity index (χ1n) is 7.11. The highest BCUT2D eigenvalue weighted by Gasteiger charge is 2.21. The first-order chi connectivity index (χ1) is 11.0. The highest BCUT2D eigenvalue weighted by molar-refractivity contribution is 6.04. The van der Waals surface area contributed by atoms with E-state index >= 15 is 0 Å². The second kappa shape index (κ2) is 5.79. The van der Waals surface area contributed by atoms with E-state index in [2.05, 4.69) is 5.32 Å². The quantitative estimate of drug-likeness (QED) is 0.925. The third-order valence-corrected chi connectivity index (χ3v) is 3.86. The summed E-state index contributed by atoms with van der Waals surface area (Å²) in [6.07, 6.45) is 1.03. The number of hydrogen-bond acceptors (Lipinski definition) is 2. The summed E-state index contributed by atoms with van der Waals surface area (Å²) < 4.78 is 26.1. The molecule has 23 heavy (non-hydrogen) atoms. The minimum Gasteiger partial charge on any atom is -0.322 e. The van der Waals surface area contributed by atoms with E-state index < -0.39 is 17.5 Å². The van der Waals surface area contributed by atoms with Gasteiger partial charge in [0.25, 0.3) is 5.91 Å². The van der Waals surface area contributed by atoms with Gasteiger partial charge in [0.15, 0.2) is 11.6 Å². The Hall–Kier alpha value is -2.76. The van der Waals surface area contributed by atoms with Gasteiger partial charge in [-0.3, -0.25) is 9.59 Å². The van der Waals surface area contributed by atoms with E-state index in [-0.39, 0.29) is 11.5 Å². The summed E-state index contributed by atoms with van der Waals surface area (Å²) in [4.78, 5) is 25.3. The molecule has 0 aliphatic carbocycles. The van der Waals surface area contributed by atoms with Crippen molar-refractivity contribution in [1.82, 2.24) is 0 Å². The zero-order valence-corrected chi connectivity index (χ0v) is 12.4. The van der Waals surface area contributed by atoms with Crippen molar-refractivity contribution in [3.8, 4) is 0 Å². The van der Waals surface area contributed by atoms with Crippen LogP contribution >= 0.6 is 0 Å². The lowest BCUT2D eigenvalue weighted by atomic mass is 10.0. The maximum absolute atomic E-state index is 13.2. The van der Waals surface area contributed by atoms with Gasteiger partial charge in [0, 0.05) is 30.4 Å². The number of carbonyl (C=O) groups is 2. The van der Waals surface area contributed by atoms with Crippen molar-refractivity contribution in [1.29, 1.82) is 0 Å². The maximum Gasteiger partial charge on any atom is 0.255 e. The summed E-state index contributed by atoms with van der Waals surface area (Å²) in [6, 6.07) is 8.21. The summed E-state index contributed by atoms with van der Waals surface area (Å²) in [6.45, 7) is 0. The van der Waals surface area contributed by atoms with Crippen molar-refractivity contribution < 1.29 is 18.4 Å². The monoisotopic (exact) mass is 316 g/mol. The molecular formula is C17H14F2N2O2. The van der Waals surface area contributed by atoms with Gasteiger partial charge in [-0.2, -0.15) is 0 Å². The summed E-state index contributed by atoms with van der Waals surface area (Å²) in [5, 5.41) is 2.65. The largest absolute Gasteiger partial charge is 0.322 e. The Kier molecular flexibility index (Phi) is 3.82. The van der Waals surface area contributed by atoms with Crippen molar-refractivity contribution in [2.75, 3.05) is 17.3 Å². The Morgan fingerprint density at radius 1 is 1.09 bits per heavy atom. The molecule has 3 rings (SSSR count). The normalized spacial score (nSPS) is 13.7. The third kappa shape index (κ3) is 2.92. The van der Waals surface area contributed by atoms with E-state index in [0.717, 1.165) is 23.4 Å². The van der Waals surface area contributed by atoms with Gasteiger partial charge in [0.05, 0.1) is 0 Å². The maximum atomic E-state index is 13.2. The molecule has 2 aromatic rings. The number of fused-ring (bicyclic) bond motifs is 1. The minimum absolute atomic E-state index is 0.0360. The summed E-state index contributed by atoms with van der Waals surface area (Å²) in [7, 11) is 1.71. The van der Waals surface area contributed by atoms with Crippen molar-refractivity contribution >= 4 is 23.2 Å². The van der Waals surface area contributed by atoms with Gasteiger partial charge >= 0.3 is 0 Å². The molecule has 2 aromatic carbocycles. The Bertz CT molecular complexity index is 805. The van der Waals surface area contributed by atoms with Crippen LogP contribution in [-0.2, 0) is 11.2 Å². The second-order valence-corrected chi connectivity index (χ2v) is 5.38. The van der Waals surface area contributed by atoms with E-state index in [4.69, 9.17) is 0 Å². The van der Waals surface area contributed by atoms with Gasteiger partial charge in [-0.05, 0) is 48.4 Å². The average molecular weight is 316 g/mol. The van der Waals surface area contributed by atoms with Crippen molar-refractivity contribution in [2.24, 2.45) is 0 Å². The summed E-state index contributed by atoms with van der Waals surface area (Å²) in [5.41, 5.74) is 2.34. The molecule has 0 saturated carbocycles. The zero-order valence-electron chi connectivity index (χ0n) is 12.4. The number of aryl methyl sites for hydroxylation is 1. The van der Waals surface area contributed by atoms with Crippen molar-refractivity contribution in [2.45, 2.75) is 12.8 Å². The number of hydrogen-bond donors (Lipinski definition) is 1. The third-order valence-electron chi connectivity index (χ3n) is 3.86. The summed E-state index contributed by atoms with van der Waals surface area (Å²) >= 11 is 0.